The van der Waals surface area contributed by atoms with Crippen molar-refractivity contribution in [3.8, 4) is 18.2 Å². The zero-order chi connectivity index (χ0) is 22.4. The lowest BCUT2D eigenvalue weighted by atomic mass is 9.52. The van der Waals surface area contributed by atoms with Gasteiger partial charge in [-0.25, -0.2) is 4.39 Å². The van der Waals surface area contributed by atoms with Crippen molar-refractivity contribution in [2.75, 3.05) is 0 Å². The van der Waals surface area contributed by atoms with Gasteiger partial charge in [-0.1, -0.05) is 48.0 Å². The Morgan fingerprint density at radius 2 is 1.74 bits per heavy atom. The van der Waals surface area contributed by atoms with Crippen LogP contribution >= 0.6 is 11.6 Å². The number of nitriles is 3. The number of hydrogen-bond acceptors (Lipinski definition) is 6. The molecule has 0 spiro atoms. The van der Waals surface area contributed by atoms with Gasteiger partial charge in [-0.2, -0.15) is 15.8 Å². The summed E-state index contributed by atoms with van der Waals surface area (Å²) in [5.41, 5.74) is -3.68. The monoisotopic (exact) mass is 434 g/mol. The molecule has 1 N–H and O–H groups in total. The number of benzene rings is 2. The first-order valence-electron chi connectivity index (χ1n) is 9.47. The molecule has 2 aromatic rings. The topological polar surface area (TPSA) is 114 Å². The maximum atomic E-state index is 14.9. The molecule has 2 fully saturated rings. The third-order valence-corrected chi connectivity index (χ3v) is 6.59. The van der Waals surface area contributed by atoms with Crippen LogP contribution in [0.1, 0.15) is 24.2 Å². The van der Waals surface area contributed by atoms with E-state index in [0.29, 0.717) is 0 Å². The highest BCUT2D eigenvalue weighted by atomic mass is 35.5. The van der Waals surface area contributed by atoms with E-state index in [0.717, 1.165) is 11.6 Å². The number of halogens is 2. The van der Waals surface area contributed by atoms with E-state index in [1.165, 1.54) is 19.1 Å². The van der Waals surface area contributed by atoms with Crippen LogP contribution in [0.2, 0.25) is 5.02 Å². The first-order valence-corrected chi connectivity index (χ1v) is 9.85. The first kappa shape index (κ1) is 20.8. The van der Waals surface area contributed by atoms with Crippen LogP contribution in [0.3, 0.4) is 0 Å². The van der Waals surface area contributed by atoms with Gasteiger partial charge >= 0.3 is 0 Å². The third-order valence-electron chi connectivity index (χ3n) is 6.26. The van der Waals surface area contributed by atoms with Crippen molar-refractivity contribution < 1.29 is 13.9 Å². The average molecular weight is 435 g/mol. The molecule has 2 aromatic carbocycles. The van der Waals surface area contributed by atoms with Gasteiger partial charge in [-0.05, 0) is 24.1 Å². The Balaban J connectivity index is 1.99. The summed E-state index contributed by atoms with van der Waals surface area (Å²) >= 11 is 6.24. The molecule has 0 saturated carbocycles. The molecule has 8 heteroatoms. The SMILES string of the molecule is CC12OC(=N)C(C#N)(C1Cc1ccccc1)C(C#N)(C#N)C(c1c(F)cccc1Cl)O2. The van der Waals surface area contributed by atoms with Gasteiger partial charge in [0.05, 0.1) is 24.1 Å². The molecule has 6 nitrogen and oxygen atoms in total. The van der Waals surface area contributed by atoms with Gasteiger partial charge in [-0.3, -0.25) is 5.41 Å². The second-order valence-corrected chi connectivity index (χ2v) is 8.18. The van der Waals surface area contributed by atoms with Crippen LogP contribution in [-0.2, 0) is 15.9 Å². The quantitative estimate of drug-likeness (QED) is 0.753. The molecule has 2 aliphatic heterocycles. The summed E-state index contributed by atoms with van der Waals surface area (Å²) in [5, 5.41) is 39.3. The molecule has 0 radical (unpaired) electrons. The maximum Gasteiger partial charge on any atom is 0.215 e. The molecule has 4 rings (SSSR count). The Bertz CT molecular complexity index is 1160. The molecule has 2 heterocycles. The van der Waals surface area contributed by atoms with E-state index in [-0.39, 0.29) is 17.0 Å². The molecule has 2 bridgehead atoms. The Kier molecular flexibility index (Phi) is 4.74. The van der Waals surface area contributed by atoms with Gasteiger partial charge in [0.15, 0.2) is 5.41 Å². The summed E-state index contributed by atoms with van der Waals surface area (Å²) in [7, 11) is 0. The van der Waals surface area contributed by atoms with Crippen LogP contribution in [0.25, 0.3) is 0 Å². The van der Waals surface area contributed by atoms with Crippen LogP contribution < -0.4 is 0 Å². The highest BCUT2D eigenvalue weighted by Crippen LogP contribution is 2.67. The number of nitrogens with one attached hydrogen (secondary N) is 1. The van der Waals surface area contributed by atoms with E-state index in [4.69, 9.17) is 26.5 Å². The fourth-order valence-electron chi connectivity index (χ4n) is 4.76. The number of ether oxygens (including phenoxy) is 2. The predicted octanol–water partition coefficient (Wildman–Crippen LogP) is 4.68. The number of nitrogens with zero attached hydrogens (tertiary/aromatic N) is 3. The molecule has 0 amide bonds. The van der Waals surface area contributed by atoms with Crippen molar-refractivity contribution in [3.63, 3.8) is 0 Å². The van der Waals surface area contributed by atoms with E-state index < -0.39 is 40.4 Å². The van der Waals surface area contributed by atoms with Gasteiger partial charge in [0, 0.05) is 17.5 Å². The third kappa shape index (κ3) is 2.60. The Hall–Kier alpha value is -3.44. The van der Waals surface area contributed by atoms with E-state index >= 15 is 0 Å². The van der Waals surface area contributed by atoms with Crippen molar-refractivity contribution in [3.05, 3.63) is 70.5 Å². The van der Waals surface area contributed by atoms with Crippen LogP contribution in [0.5, 0.6) is 0 Å². The molecule has 154 valence electrons. The summed E-state index contributed by atoms with van der Waals surface area (Å²) < 4.78 is 26.7. The van der Waals surface area contributed by atoms with Gasteiger partial charge in [0.2, 0.25) is 17.1 Å². The molecule has 0 aromatic heterocycles. The first-order chi connectivity index (χ1) is 14.8. The average Bonchev–Trinajstić information content (AvgIpc) is 2.91. The lowest BCUT2D eigenvalue weighted by Gasteiger charge is -2.49. The number of fused-ring (bicyclic) bond motifs is 2. The van der Waals surface area contributed by atoms with Crippen LogP contribution in [0.15, 0.2) is 48.5 Å². The van der Waals surface area contributed by atoms with Crippen LogP contribution in [-0.4, -0.2) is 11.7 Å². The zero-order valence-corrected chi connectivity index (χ0v) is 17.2. The molecule has 0 aliphatic carbocycles. The molecule has 31 heavy (non-hydrogen) atoms. The van der Waals surface area contributed by atoms with E-state index in [1.807, 2.05) is 48.5 Å². The smallest absolute Gasteiger partial charge is 0.215 e. The van der Waals surface area contributed by atoms with Crippen molar-refractivity contribution in [1.29, 1.82) is 21.2 Å². The molecule has 4 unspecified atom stereocenters. The Morgan fingerprint density at radius 1 is 1.06 bits per heavy atom. The van der Waals surface area contributed by atoms with Gasteiger partial charge in [0.1, 0.15) is 11.9 Å². The van der Waals surface area contributed by atoms with Gasteiger partial charge in [-0.15, -0.1) is 0 Å². The zero-order valence-electron chi connectivity index (χ0n) is 16.4. The summed E-state index contributed by atoms with van der Waals surface area (Å²) in [4.78, 5) is 0. The van der Waals surface area contributed by atoms with Crippen molar-refractivity contribution in [2.24, 2.45) is 16.7 Å². The minimum atomic E-state index is -2.28. The minimum absolute atomic E-state index is 0.0518. The molecule has 2 saturated heterocycles. The summed E-state index contributed by atoms with van der Waals surface area (Å²) in [5.74, 6) is -3.76. The Labute approximate surface area is 183 Å². The molecular weight excluding hydrogens is 419 g/mol. The second kappa shape index (κ2) is 7.06. The van der Waals surface area contributed by atoms with Crippen LogP contribution in [0, 0.1) is 62.0 Å². The van der Waals surface area contributed by atoms with Crippen molar-refractivity contribution in [2.45, 2.75) is 25.2 Å². The number of hydrogen-bond donors (Lipinski definition) is 1. The van der Waals surface area contributed by atoms with E-state index in [2.05, 4.69) is 0 Å². The second-order valence-electron chi connectivity index (χ2n) is 7.77. The lowest BCUT2D eigenvalue weighted by Crippen LogP contribution is -2.59. The van der Waals surface area contributed by atoms with Crippen LogP contribution in [0.4, 0.5) is 4.39 Å². The summed E-state index contributed by atoms with van der Waals surface area (Å²) in [6.45, 7) is 1.54. The van der Waals surface area contributed by atoms with Gasteiger partial charge < -0.3 is 9.47 Å². The molecule has 2 aliphatic rings. The molecular formula is C23H16ClFN4O2. The number of rotatable bonds is 3. The summed E-state index contributed by atoms with van der Waals surface area (Å²) in [6, 6.07) is 18.9. The minimum Gasteiger partial charge on any atom is -0.448 e. The fraction of sp³-hybridized carbons (Fsp3) is 0.304. The van der Waals surface area contributed by atoms with E-state index in [1.54, 1.807) is 0 Å². The highest BCUT2D eigenvalue weighted by molar-refractivity contribution is 6.31. The van der Waals surface area contributed by atoms with Crippen molar-refractivity contribution in [1.82, 2.24) is 0 Å². The van der Waals surface area contributed by atoms with Crippen molar-refractivity contribution >= 4 is 17.5 Å². The van der Waals surface area contributed by atoms with E-state index in [9.17, 15) is 20.2 Å². The highest BCUT2D eigenvalue weighted by Gasteiger charge is 2.79. The fourth-order valence-corrected chi connectivity index (χ4v) is 5.02. The molecule has 4 atom stereocenters. The lowest BCUT2D eigenvalue weighted by molar-refractivity contribution is -0.273. The predicted molar refractivity (Wildman–Crippen MR) is 108 cm³/mol. The summed E-state index contributed by atoms with van der Waals surface area (Å²) in [6.07, 6.45) is -1.34. The maximum absolute atomic E-state index is 14.9. The normalized spacial score (nSPS) is 30.5. The standard InChI is InChI=1S/C23H16ClFN4O2/c1-21-17(10-14-6-3-2-4-7-14)23(13-28,20(29)31-21)22(11-26,12-27)19(30-21)18-15(24)8-5-9-16(18)25/h2-9,17,19,29H,10H2,1H3. The van der Waals surface area contributed by atoms with Gasteiger partial charge in [0.25, 0.3) is 0 Å². The largest absolute Gasteiger partial charge is 0.448 e. The Morgan fingerprint density at radius 3 is 2.32 bits per heavy atom.